The molecule has 7 nitrogen and oxygen atoms in total. The lowest BCUT2D eigenvalue weighted by atomic mass is 10.1. The minimum Gasteiger partial charge on any atom is -0.383 e. The second-order valence-corrected chi connectivity index (χ2v) is 6.99. The molecule has 158 valence electrons. The maximum Gasteiger partial charge on any atom is 0.255 e. The molecule has 0 bridgehead atoms. The Hall–Kier alpha value is -3.26. The third kappa shape index (κ3) is 5.21. The highest BCUT2D eigenvalue weighted by atomic mass is 19.1. The van der Waals surface area contributed by atoms with Gasteiger partial charge < -0.3 is 20.3 Å². The normalized spacial score (nSPS) is 15.7. The molecule has 1 aliphatic rings. The van der Waals surface area contributed by atoms with Crippen LogP contribution >= 0.6 is 0 Å². The van der Waals surface area contributed by atoms with Crippen LogP contribution in [-0.2, 0) is 9.53 Å². The van der Waals surface area contributed by atoms with E-state index in [4.69, 9.17) is 4.74 Å². The molecule has 2 N–H and O–H groups in total. The zero-order valence-corrected chi connectivity index (χ0v) is 16.7. The Morgan fingerprint density at radius 3 is 2.67 bits per heavy atom. The number of ether oxygens (including phenoxy) is 1. The standard InChI is InChI=1S/C22H24FN3O4/c1-30-12-10-24-21(28)19-9-4-11-26(19)22(29)16-6-3-8-18(14-16)25-20(27)15-5-2-7-17(23)13-15/h2-3,5-8,13-14,19H,4,9-12H2,1H3,(H,24,28)(H,25,27)/t19-/m0/s1. The summed E-state index contributed by atoms with van der Waals surface area (Å²) in [7, 11) is 1.55. The molecule has 0 radical (unpaired) electrons. The smallest absolute Gasteiger partial charge is 0.255 e. The van der Waals surface area contributed by atoms with Gasteiger partial charge in [-0.05, 0) is 49.2 Å². The van der Waals surface area contributed by atoms with Crippen molar-refractivity contribution in [1.82, 2.24) is 10.2 Å². The SMILES string of the molecule is COCCNC(=O)[C@@H]1CCCN1C(=O)c1cccc(NC(=O)c2cccc(F)c2)c1. The second-order valence-electron chi connectivity index (χ2n) is 6.99. The van der Waals surface area contributed by atoms with Crippen LogP contribution in [0.15, 0.2) is 48.5 Å². The number of hydrogen-bond acceptors (Lipinski definition) is 4. The molecule has 3 amide bonds. The second kappa shape index (κ2) is 9.98. The van der Waals surface area contributed by atoms with Crippen molar-refractivity contribution < 1.29 is 23.5 Å². The van der Waals surface area contributed by atoms with Crippen LogP contribution in [0.5, 0.6) is 0 Å². The first-order chi connectivity index (χ1) is 14.5. The van der Waals surface area contributed by atoms with Crippen molar-refractivity contribution in [3.8, 4) is 0 Å². The zero-order chi connectivity index (χ0) is 21.5. The number of carbonyl (C=O) groups excluding carboxylic acids is 3. The van der Waals surface area contributed by atoms with Crippen LogP contribution in [0.4, 0.5) is 10.1 Å². The Labute approximate surface area is 174 Å². The van der Waals surface area contributed by atoms with E-state index in [9.17, 15) is 18.8 Å². The van der Waals surface area contributed by atoms with Crippen LogP contribution in [0.25, 0.3) is 0 Å². The van der Waals surface area contributed by atoms with E-state index in [1.807, 2.05) is 0 Å². The van der Waals surface area contributed by atoms with E-state index in [0.717, 1.165) is 12.5 Å². The number of hydrogen-bond donors (Lipinski definition) is 2. The number of carbonyl (C=O) groups is 3. The summed E-state index contributed by atoms with van der Waals surface area (Å²) in [6, 6.07) is 11.3. The third-order valence-electron chi connectivity index (χ3n) is 4.88. The van der Waals surface area contributed by atoms with Gasteiger partial charge in [0.2, 0.25) is 5.91 Å². The van der Waals surface area contributed by atoms with Gasteiger partial charge in [0.15, 0.2) is 0 Å². The Kier molecular flexibility index (Phi) is 7.13. The van der Waals surface area contributed by atoms with Crippen LogP contribution in [0.3, 0.4) is 0 Å². The van der Waals surface area contributed by atoms with Gasteiger partial charge in [-0.3, -0.25) is 14.4 Å². The first kappa shape index (κ1) is 21.4. The number of halogens is 1. The van der Waals surface area contributed by atoms with E-state index in [-0.39, 0.29) is 17.4 Å². The summed E-state index contributed by atoms with van der Waals surface area (Å²) in [5.41, 5.74) is 0.957. The Morgan fingerprint density at radius 2 is 1.90 bits per heavy atom. The van der Waals surface area contributed by atoms with Gasteiger partial charge in [0.1, 0.15) is 11.9 Å². The fourth-order valence-corrected chi connectivity index (χ4v) is 3.41. The number of likely N-dealkylation sites (tertiary alicyclic amines) is 1. The van der Waals surface area contributed by atoms with Gasteiger partial charge in [0.25, 0.3) is 11.8 Å². The number of rotatable bonds is 7. The highest BCUT2D eigenvalue weighted by Gasteiger charge is 2.34. The van der Waals surface area contributed by atoms with Gasteiger partial charge in [-0.15, -0.1) is 0 Å². The van der Waals surface area contributed by atoms with Crippen molar-refractivity contribution in [3.05, 3.63) is 65.5 Å². The van der Waals surface area contributed by atoms with E-state index in [2.05, 4.69) is 10.6 Å². The van der Waals surface area contributed by atoms with Crippen LogP contribution in [0.1, 0.15) is 33.6 Å². The van der Waals surface area contributed by atoms with E-state index in [1.165, 1.54) is 18.2 Å². The molecule has 1 aliphatic heterocycles. The topological polar surface area (TPSA) is 87.7 Å². The lowest BCUT2D eigenvalue weighted by Gasteiger charge is -2.24. The fraction of sp³-hybridized carbons (Fsp3) is 0.318. The Morgan fingerprint density at radius 1 is 1.13 bits per heavy atom. The van der Waals surface area contributed by atoms with Gasteiger partial charge in [0.05, 0.1) is 6.61 Å². The molecule has 2 aromatic carbocycles. The fourth-order valence-electron chi connectivity index (χ4n) is 3.41. The Balaban J connectivity index is 1.69. The number of anilines is 1. The van der Waals surface area contributed by atoms with Crippen LogP contribution in [-0.4, -0.2) is 55.5 Å². The minimum atomic E-state index is -0.528. The summed E-state index contributed by atoms with van der Waals surface area (Å²) >= 11 is 0. The minimum absolute atomic E-state index is 0.180. The molecule has 0 saturated carbocycles. The number of benzene rings is 2. The molecule has 3 rings (SSSR count). The lowest BCUT2D eigenvalue weighted by Crippen LogP contribution is -2.46. The summed E-state index contributed by atoms with van der Waals surface area (Å²) in [4.78, 5) is 39.3. The van der Waals surface area contributed by atoms with Crippen molar-refractivity contribution in [2.24, 2.45) is 0 Å². The summed E-state index contributed by atoms with van der Waals surface area (Å²) < 4.78 is 18.3. The van der Waals surface area contributed by atoms with Crippen molar-refractivity contribution >= 4 is 23.4 Å². The summed E-state index contributed by atoms with van der Waals surface area (Å²) in [6.07, 6.45) is 1.34. The molecule has 0 aromatic heterocycles. The molecular formula is C22H24FN3O4. The quantitative estimate of drug-likeness (QED) is 0.683. The molecule has 30 heavy (non-hydrogen) atoms. The van der Waals surface area contributed by atoms with Crippen molar-refractivity contribution in [3.63, 3.8) is 0 Å². The maximum atomic E-state index is 13.3. The predicted octanol–water partition coefficient (Wildman–Crippen LogP) is 2.45. The predicted molar refractivity (Wildman–Crippen MR) is 110 cm³/mol. The third-order valence-corrected chi connectivity index (χ3v) is 4.88. The first-order valence-corrected chi connectivity index (χ1v) is 9.74. The van der Waals surface area contributed by atoms with Crippen molar-refractivity contribution in [1.29, 1.82) is 0 Å². The van der Waals surface area contributed by atoms with Crippen molar-refractivity contribution in [2.75, 3.05) is 32.1 Å². The van der Waals surface area contributed by atoms with E-state index in [0.29, 0.717) is 37.4 Å². The largest absolute Gasteiger partial charge is 0.383 e. The molecule has 0 aliphatic carbocycles. The first-order valence-electron chi connectivity index (χ1n) is 9.74. The average Bonchev–Trinajstić information content (AvgIpc) is 3.23. The zero-order valence-electron chi connectivity index (χ0n) is 16.7. The molecule has 1 fully saturated rings. The van der Waals surface area contributed by atoms with Gasteiger partial charge >= 0.3 is 0 Å². The summed E-state index contributed by atoms with van der Waals surface area (Å²) in [6.45, 7) is 1.27. The number of methoxy groups -OCH3 is 1. The van der Waals surface area contributed by atoms with Crippen LogP contribution in [0, 0.1) is 5.82 Å². The van der Waals surface area contributed by atoms with E-state index < -0.39 is 17.8 Å². The average molecular weight is 413 g/mol. The lowest BCUT2D eigenvalue weighted by molar-refractivity contribution is -0.125. The maximum absolute atomic E-state index is 13.3. The number of amides is 3. The molecule has 0 spiro atoms. The van der Waals surface area contributed by atoms with Crippen molar-refractivity contribution in [2.45, 2.75) is 18.9 Å². The molecule has 0 unspecified atom stereocenters. The van der Waals surface area contributed by atoms with E-state index >= 15 is 0 Å². The molecular weight excluding hydrogens is 389 g/mol. The molecule has 1 heterocycles. The summed E-state index contributed by atoms with van der Waals surface area (Å²) in [5.74, 6) is -1.46. The van der Waals surface area contributed by atoms with Gasteiger partial charge in [-0.1, -0.05) is 12.1 Å². The monoisotopic (exact) mass is 413 g/mol. The van der Waals surface area contributed by atoms with E-state index in [1.54, 1.807) is 36.3 Å². The van der Waals surface area contributed by atoms with Crippen LogP contribution < -0.4 is 10.6 Å². The number of nitrogens with one attached hydrogen (secondary N) is 2. The highest BCUT2D eigenvalue weighted by molar-refractivity contribution is 6.05. The molecule has 1 atom stereocenters. The van der Waals surface area contributed by atoms with Gasteiger partial charge in [-0.2, -0.15) is 0 Å². The molecule has 1 saturated heterocycles. The highest BCUT2D eigenvalue weighted by Crippen LogP contribution is 2.22. The Bertz CT molecular complexity index is 934. The molecule has 8 heteroatoms. The summed E-state index contributed by atoms with van der Waals surface area (Å²) in [5, 5.41) is 5.45. The van der Waals surface area contributed by atoms with Gasteiger partial charge in [-0.25, -0.2) is 4.39 Å². The number of nitrogens with zero attached hydrogens (tertiary/aromatic N) is 1. The van der Waals surface area contributed by atoms with Gasteiger partial charge in [0, 0.05) is 37.0 Å². The molecule has 2 aromatic rings. The van der Waals surface area contributed by atoms with Crippen LogP contribution in [0.2, 0.25) is 0 Å².